The van der Waals surface area contributed by atoms with Crippen molar-refractivity contribution < 1.29 is 4.43 Å². The molecular weight excluding hydrogens is 286 g/mol. The predicted octanol–water partition coefficient (Wildman–Crippen LogP) is 3.16. The van der Waals surface area contributed by atoms with Gasteiger partial charge in [0.1, 0.15) is 0 Å². The molecule has 0 aliphatic carbocycles. The minimum atomic E-state index is -2.57. The van der Waals surface area contributed by atoms with E-state index in [1.165, 1.54) is 5.56 Å². The summed E-state index contributed by atoms with van der Waals surface area (Å²) in [5.41, 5.74) is 1.19. The molecule has 1 unspecified atom stereocenters. The lowest BCUT2D eigenvalue weighted by atomic mass is 10.0. The fourth-order valence-electron chi connectivity index (χ4n) is 2.72. The van der Waals surface area contributed by atoms with E-state index in [-0.39, 0.29) is 12.1 Å². The van der Waals surface area contributed by atoms with Gasteiger partial charge in [0.25, 0.3) is 0 Å². The Morgan fingerprint density at radius 1 is 1.00 bits per heavy atom. The molecule has 0 bridgehead atoms. The highest BCUT2D eigenvalue weighted by Crippen LogP contribution is 2.38. The largest absolute Gasteiger partial charge is 0.408 e. The SMILES string of the molecule is CC1[C@H](c2ccccc2)O[Si@](Cl)(c2ccccc2)N1C. The summed E-state index contributed by atoms with van der Waals surface area (Å²) in [5, 5.41) is 1.11. The smallest absolute Gasteiger partial charge is 0.380 e. The zero-order chi connectivity index (χ0) is 14.2. The molecule has 3 rings (SSSR count). The van der Waals surface area contributed by atoms with Gasteiger partial charge in [0.2, 0.25) is 0 Å². The van der Waals surface area contributed by atoms with Crippen molar-refractivity contribution in [2.45, 2.75) is 19.1 Å². The van der Waals surface area contributed by atoms with Gasteiger partial charge in [0.05, 0.1) is 6.10 Å². The normalized spacial score (nSPS) is 30.6. The average molecular weight is 304 g/mol. The summed E-state index contributed by atoms with van der Waals surface area (Å²) < 4.78 is 8.60. The average Bonchev–Trinajstić information content (AvgIpc) is 2.75. The highest BCUT2D eigenvalue weighted by molar-refractivity contribution is 7.22. The fraction of sp³-hybridized carbons (Fsp3) is 0.250. The van der Waals surface area contributed by atoms with Gasteiger partial charge in [-0.15, -0.1) is 11.1 Å². The number of benzene rings is 2. The molecule has 3 atom stereocenters. The van der Waals surface area contributed by atoms with E-state index >= 15 is 0 Å². The zero-order valence-corrected chi connectivity index (χ0v) is 13.4. The van der Waals surface area contributed by atoms with Crippen LogP contribution in [-0.2, 0) is 4.43 Å². The molecule has 20 heavy (non-hydrogen) atoms. The van der Waals surface area contributed by atoms with Crippen molar-refractivity contribution in [3.05, 3.63) is 66.2 Å². The van der Waals surface area contributed by atoms with Crippen LogP contribution < -0.4 is 5.19 Å². The topological polar surface area (TPSA) is 12.5 Å². The molecule has 0 radical (unpaired) electrons. The summed E-state index contributed by atoms with van der Waals surface area (Å²) in [4.78, 5) is 0. The molecule has 0 spiro atoms. The van der Waals surface area contributed by atoms with Crippen LogP contribution in [0.25, 0.3) is 0 Å². The van der Waals surface area contributed by atoms with Gasteiger partial charge >= 0.3 is 7.79 Å². The fourth-order valence-corrected chi connectivity index (χ4v) is 6.49. The Kier molecular flexibility index (Phi) is 3.69. The van der Waals surface area contributed by atoms with Gasteiger partial charge < -0.3 is 4.43 Å². The van der Waals surface area contributed by atoms with E-state index in [0.29, 0.717) is 0 Å². The Morgan fingerprint density at radius 3 is 2.15 bits per heavy atom. The van der Waals surface area contributed by atoms with E-state index < -0.39 is 7.79 Å². The van der Waals surface area contributed by atoms with Crippen LogP contribution in [0.1, 0.15) is 18.6 Å². The molecule has 0 N–H and O–H groups in total. The van der Waals surface area contributed by atoms with Crippen LogP contribution in [0.3, 0.4) is 0 Å². The van der Waals surface area contributed by atoms with Crippen molar-refractivity contribution in [3.63, 3.8) is 0 Å². The van der Waals surface area contributed by atoms with Crippen LogP contribution >= 0.6 is 11.1 Å². The highest BCUT2D eigenvalue weighted by atomic mass is 35.6. The molecule has 0 aromatic heterocycles. The van der Waals surface area contributed by atoms with E-state index in [2.05, 4.69) is 42.8 Å². The number of hydrogen-bond donors (Lipinski definition) is 0. The first-order chi connectivity index (χ1) is 9.63. The lowest BCUT2D eigenvalue weighted by Crippen LogP contribution is -2.55. The first-order valence-corrected chi connectivity index (χ1v) is 9.70. The van der Waals surface area contributed by atoms with Crippen LogP contribution in [0.2, 0.25) is 0 Å². The van der Waals surface area contributed by atoms with Gasteiger partial charge in [0.15, 0.2) is 0 Å². The highest BCUT2D eigenvalue weighted by Gasteiger charge is 2.53. The monoisotopic (exact) mass is 303 g/mol. The lowest BCUT2D eigenvalue weighted by Gasteiger charge is -2.26. The van der Waals surface area contributed by atoms with Gasteiger partial charge in [-0.05, 0) is 24.7 Å². The van der Waals surface area contributed by atoms with Crippen molar-refractivity contribution in [2.24, 2.45) is 0 Å². The molecule has 2 nitrogen and oxygen atoms in total. The van der Waals surface area contributed by atoms with Crippen molar-refractivity contribution in [2.75, 3.05) is 7.05 Å². The molecule has 4 heteroatoms. The van der Waals surface area contributed by atoms with Gasteiger partial charge in [-0.2, -0.15) is 0 Å². The van der Waals surface area contributed by atoms with Gasteiger partial charge in [-0.3, -0.25) is 4.57 Å². The number of nitrogens with zero attached hydrogens (tertiary/aromatic N) is 1. The summed E-state index contributed by atoms with van der Waals surface area (Å²) in [6.07, 6.45) is 0.0329. The molecular formula is C16H18ClNOSi. The quantitative estimate of drug-likeness (QED) is 0.624. The molecule has 1 aliphatic rings. The minimum absolute atomic E-state index is 0.0329. The zero-order valence-electron chi connectivity index (χ0n) is 11.7. The summed E-state index contributed by atoms with van der Waals surface area (Å²) in [6, 6.07) is 20.8. The Hall–Kier alpha value is -1.13. The third kappa shape index (κ3) is 2.21. The molecule has 2 aromatic carbocycles. The van der Waals surface area contributed by atoms with E-state index in [0.717, 1.165) is 5.19 Å². The predicted molar refractivity (Wildman–Crippen MR) is 85.2 cm³/mol. The Balaban J connectivity index is 1.97. The maximum atomic E-state index is 6.93. The summed E-state index contributed by atoms with van der Waals surface area (Å²) in [6.45, 7) is 2.18. The maximum absolute atomic E-state index is 6.93. The number of hydrogen-bond acceptors (Lipinski definition) is 2. The van der Waals surface area contributed by atoms with Crippen LogP contribution in [0, 0.1) is 0 Å². The van der Waals surface area contributed by atoms with Gasteiger partial charge in [-0.25, -0.2) is 0 Å². The molecule has 0 amide bonds. The van der Waals surface area contributed by atoms with Crippen molar-refractivity contribution in [3.8, 4) is 0 Å². The minimum Gasteiger partial charge on any atom is -0.380 e. The van der Waals surface area contributed by atoms with E-state index in [9.17, 15) is 0 Å². The summed E-state index contributed by atoms with van der Waals surface area (Å²) in [7, 11) is -0.500. The van der Waals surface area contributed by atoms with E-state index in [1.54, 1.807) is 0 Å². The van der Waals surface area contributed by atoms with Crippen LogP contribution in [0.15, 0.2) is 60.7 Å². The third-order valence-electron chi connectivity index (χ3n) is 4.04. The second kappa shape index (κ2) is 5.33. The molecule has 1 heterocycles. The number of likely N-dealkylation sites (N-methyl/N-ethyl adjacent to an activating group) is 1. The lowest BCUT2D eigenvalue weighted by molar-refractivity contribution is 0.209. The van der Waals surface area contributed by atoms with E-state index in [1.807, 2.05) is 36.4 Å². The first kappa shape index (κ1) is 13.8. The van der Waals surface area contributed by atoms with Crippen molar-refractivity contribution in [1.82, 2.24) is 4.57 Å². The third-order valence-corrected chi connectivity index (χ3v) is 8.69. The Labute approximate surface area is 125 Å². The Morgan fingerprint density at radius 2 is 1.55 bits per heavy atom. The van der Waals surface area contributed by atoms with E-state index in [4.69, 9.17) is 15.5 Å². The van der Waals surface area contributed by atoms with Crippen LogP contribution in [0.5, 0.6) is 0 Å². The first-order valence-electron chi connectivity index (χ1n) is 6.83. The molecule has 1 aliphatic heterocycles. The van der Waals surface area contributed by atoms with Crippen molar-refractivity contribution >= 4 is 24.1 Å². The van der Waals surface area contributed by atoms with Crippen LogP contribution in [-0.4, -0.2) is 25.4 Å². The Bertz CT molecular complexity index is 580. The molecule has 0 saturated carbocycles. The molecule has 104 valence electrons. The standard InChI is InChI=1S/C16H18ClNOSi/c1-13-16(14-9-5-3-6-10-14)19-20(17,18(13)2)15-11-7-4-8-12-15/h3-13,16H,1-2H3/t13?,16-,20+/m1/s1. The number of halogens is 1. The molecule has 2 aromatic rings. The van der Waals surface area contributed by atoms with Crippen molar-refractivity contribution in [1.29, 1.82) is 0 Å². The molecule has 1 saturated heterocycles. The second-order valence-electron chi connectivity index (χ2n) is 5.23. The van der Waals surface area contributed by atoms with Gasteiger partial charge in [-0.1, -0.05) is 60.7 Å². The molecule has 1 fully saturated rings. The van der Waals surface area contributed by atoms with Gasteiger partial charge in [0, 0.05) is 6.04 Å². The number of rotatable bonds is 2. The summed E-state index contributed by atoms with van der Waals surface area (Å²) in [5.74, 6) is 0. The maximum Gasteiger partial charge on any atom is 0.408 e. The second-order valence-corrected chi connectivity index (χ2v) is 9.41. The summed E-state index contributed by atoms with van der Waals surface area (Å²) >= 11 is 6.93. The van der Waals surface area contributed by atoms with Crippen LogP contribution in [0.4, 0.5) is 0 Å².